The van der Waals surface area contributed by atoms with Crippen LogP contribution >= 0.6 is 0 Å². The fourth-order valence-electron chi connectivity index (χ4n) is 1.75. The van der Waals surface area contributed by atoms with Gasteiger partial charge in [-0.1, -0.05) is 6.92 Å². The molecule has 0 bridgehead atoms. The fraction of sp³-hybridized carbons (Fsp3) is 0.417. The van der Waals surface area contributed by atoms with Gasteiger partial charge in [-0.2, -0.15) is 0 Å². The van der Waals surface area contributed by atoms with E-state index in [0.29, 0.717) is 17.5 Å². The van der Waals surface area contributed by atoms with Gasteiger partial charge in [-0.3, -0.25) is 4.79 Å². The van der Waals surface area contributed by atoms with E-state index in [1.165, 1.54) is 18.2 Å². The lowest BCUT2D eigenvalue weighted by molar-refractivity contribution is -0.347. The van der Waals surface area contributed by atoms with E-state index in [-0.39, 0.29) is 18.8 Å². The molecule has 2 N–H and O–H groups in total. The first-order chi connectivity index (χ1) is 8.05. The Hall–Kier alpha value is -1.59. The molecule has 1 aliphatic heterocycles. The van der Waals surface area contributed by atoms with Crippen LogP contribution in [0.15, 0.2) is 18.2 Å². The summed E-state index contributed by atoms with van der Waals surface area (Å²) in [7, 11) is 0. The summed E-state index contributed by atoms with van der Waals surface area (Å²) in [6.07, 6.45) is 0.858. The minimum atomic E-state index is -2.02. The number of aromatic hydroxyl groups is 1. The van der Waals surface area contributed by atoms with Crippen molar-refractivity contribution in [2.75, 3.05) is 0 Å². The first-order valence-electron chi connectivity index (χ1n) is 5.45. The summed E-state index contributed by atoms with van der Waals surface area (Å²) in [5.74, 6) is -2.46. The maximum absolute atomic E-state index is 11.4. The molecule has 1 heterocycles. The highest BCUT2D eigenvalue weighted by molar-refractivity contribution is 5.69. The summed E-state index contributed by atoms with van der Waals surface area (Å²) in [4.78, 5) is 11.4. The van der Waals surface area contributed by atoms with E-state index in [4.69, 9.17) is 9.47 Å². The van der Waals surface area contributed by atoms with Crippen molar-refractivity contribution < 1.29 is 24.5 Å². The molecule has 0 amide bonds. The lowest BCUT2D eigenvalue weighted by Crippen LogP contribution is -2.31. The smallest absolute Gasteiger partial charge is 0.356 e. The van der Waals surface area contributed by atoms with Crippen LogP contribution in [0, 0.1) is 0 Å². The number of phenols is 1. The molecule has 0 aromatic heterocycles. The van der Waals surface area contributed by atoms with Crippen LogP contribution in [0.25, 0.3) is 0 Å². The topological polar surface area (TPSA) is 76.0 Å². The van der Waals surface area contributed by atoms with Gasteiger partial charge < -0.3 is 19.7 Å². The highest BCUT2D eigenvalue weighted by Crippen LogP contribution is 2.37. The van der Waals surface area contributed by atoms with Crippen LogP contribution in [0.1, 0.15) is 30.9 Å². The second-order valence-corrected chi connectivity index (χ2v) is 3.94. The Morgan fingerprint density at radius 3 is 3.06 bits per heavy atom. The molecule has 1 atom stereocenters. The van der Waals surface area contributed by atoms with Gasteiger partial charge in [0.1, 0.15) is 5.75 Å². The lowest BCUT2D eigenvalue weighted by Gasteiger charge is -2.22. The van der Waals surface area contributed by atoms with Gasteiger partial charge in [0, 0.05) is 6.42 Å². The van der Waals surface area contributed by atoms with Crippen LogP contribution < -0.4 is 0 Å². The summed E-state index contributed by atoms with van der Waals surface area (Å²) >= 11 is 0. The molecule has 1 unspecified atom stereocenters. The van der Waals surface area contributed by atoms with Crippen molar-refractivity contribution in [3.05, 3.63) is 29.3 Å². The van der Waals surface area contributed by atoms with Crippen LogP contribution in [0.4, 0.5) is 0 Å². The van der Waals surface area contributed by atoms with Gasteiger partial charge in [-0.25, -0.2) is 0 Å². The number of carbonyl (C=O) groups is 1. The number of fused-ring (bicyclic) bond motifs is 1. The lowest BCUT2D eigenvalue weighted by atomic mass is 10.1. The predicted octanol–water partition coefficient (Wildman–Crippen LogP) is 1.37. The average molecular weight is 238 g/mol. The van der Waals surface area contributed by atoms with Crippen molar-refractivity contribution in [2.24, 2.45) is 0 Å². The number of esters is 1. The number of ether oxygens (including phenoxy) is 2. The maximum Gasteiger partial charge on any atom is 0.356 e. The van der Waals surface area contributed by atoms with Crippen molar-refractivity contribution in [3.8, 4) is 5.75 Å². The first kappa shape index (κ1) is 11.9. The quantitative estimate of drug-likeness (QED) is 0.614. The molecule has 1 aromatic carbocycles. The van der Waals surface area contributed by atoms with Crippen molar-refractivity contribution in [1.82, 2.24) is 0 Å². The van der Waals surface area contributed by atoms with Gasteiger partial charge in [0.25, 0.3) is 0 Å². The Morgan fingerprint density at radius 1 is 1.59 bits per heavy atom. The van der Waals surface area contributed by atoms with Gasteiger partial charge in [0.05, 0.1) is 12.2 Å². The van der Waals surface area contributed by atoms with Crippen molar-refractivity contribution >= 4 is 5.97 Å². The number of benzene rings is 1. The Balaban J connectivity index is 2.22. The number of phenolic OH excluding ortho intramolecular Hbond substituents is 1. The number of carbonyl (C=O) groups excluding carboxylic acids is 1. The highest BCUT2D eigenvalue weighted by atomic mass is 16.8. The van der Waals surface area contributed by atoms with Gasteiger partial charge in [0.15, 0.2) is 0 Å². The molecular formula is C12H14O5. The molecule has 92 valence electrons. The number of hydrogen-bond donors (Lipinski definition) is 2. The Labute approximate surface area is 98.6 Å². The molecule has 0 saturated carbocycles. The van der Waals surface area contributed by atoms with Crippen LogP contribution in [0.2, 0.25) is 0 Å². The number of aliphatic hydroxyl groups is 1. The summed E-state index contributed by atoms with van der Waals surface area (Å²) in [6.45, 7) is 1.94. The average Bonchev–Trinajstić information content (AvgIpc) is 2.56. The van der Waals surface area contributed by atoms with Gasteiger partial charge >= 0.3 is 11.9 Å². The van der Waals surface area contributed by atoms with Gasteiger partial charge in [-0.05, 0) is 30.2 Å². The zero-order valence-electron chi connectivity index (χ0n) is 9.47. The minimum absolute atomic E-state index is 0.0801. The molecule has 0 spiro atoms. The monoisotopic (exact) mass is 238 g/mol. The molecule has 1 aromatic rings. The number of hydrogen-bond acceptors (Lipinski definition) is 5. The third kappa shape index (κ3) is 2.25. The molecule has 2 rings (SSSR count). The van der Waals surface area contributed by atoms with Crippen LogP contribution in [0.3, 0.4) is 0 Å². The van der Waals surface area contributed by atoms with E-state index in [2.05, 4.69) is 0 Å². The molecule has 0 fully saturated rings. The molecule has 0 radical (unpaired) electrons. The van der Waals surface area contributed by atoms with Crippen LogP contribution in [-0.4, -0.2) is 16.2 Å². The summed E-state index contributed by atoms with van der Waals surface area (Å²) in [5.41, 5.74) is 0.969. The highest BCUT2D eigenvalue weighted by Gasteiger charge is 2.42. The van der Waals surface area contributed by atoms with E-state index in [1.807, 2.05) is 6.92 Å². The van der Waals surface area contributed by atoms with E-state index in [9.17, 15) is 15.0 Å². The summed E-state index contributed by atoms with van der Waals surface area (Å²) in [6, 6.07) is 4.37. The molecular weight excluding hydrogens is 224 g/mol. The summed E-state index contributed by atoms with van der Waals surface area (Å²) < 4.78 is 10.0. The van der Waals surface area contributed by atoms with Gasteiger partial charge in [-0.15, -0.1) is 0 Å². The molecule has 1 aliphatic rings. The zero-order valence-corrected chi connectivity index (χ0v) is 9.47. The molecule has 0 saturated heterocycles. The molecule has 5 heteroatoms. The molecule has 5 nitrogen and oxygen atoms in total. The second-order valence-electron chi connectivity index (χ2n) is 3.94. The van der Waals surface area contributed by atoms with Crippen LogP contribution in [0.5, 0.6) is 5.75 Å². The third-order valence-electron chi connectivity index (χ3n) is 2.56. The van der Waals surface area contributed by atoms with E-state index in [1.54, 1.807) is 0 Å². The van der Waals surface area contributed by atoms with Crippen molar-refractivity contribution in [3.63, 3.8) is 0 Å². The largest absolute Gasteiger partial charge is 0.508 e. The van der Waals surface area contributed by atoms with Gasteiger partial charge in [0.2, 0.25) is 0 Å². The van der Waals surface area contributed by atoms with Crippen molar-refractivity contribution in [1.29, 1.82) is 0 Å². The zero-order chi connectivity index (χ0) is 12.5. The summed E-state index contributed by atoms with van der Waals surface area (Å²) in [5, 5.41) is 19.4. The Kier molecular flexibility index (Phi) is 3.04. The fourth-order valence-corrected chi connectivity index (χ4v) is 1.75. The maximum atomic E-state index is 11.4. The first-order valence-corrected chi connectivity index (χ1v) is 5.45. The van der Waals surface area contributed by atoms with E-state index >= 15 is 0 Å². The normalized spacial score (nSPS) is 22.2. The molecule has 0 aliphatic carbocycles. The minimum Gasteiger partial charge on any atom is -0.508 e. The Morgan fingerprint density at radius 2 is 2.35 bits per heavy atom. The predicted molar refractivity (Wildman–Crippen MR) is 57.8 cm³/mol. The van der Waals surface area contributed by atoms with Crippen molar-refractivity contribution in [2.45, 2.75) is 32.3 Å². The number of rotatable bonds is 3. The standard InChI is InChI=1S/C12H14O5/c1-2-3-11(14)17-12(15)10-5-4-9(13)6-8(10)7-16-12/h4-6,13,15H,2-3,7H2,1H3. The molecule has 17 heavy (non-hydrogen) atoms. The third-order valence-corrected chi connectivity index (χ3v) is 2.56. The SMILES string of the molecule is CCCC(=O)OC1(O)OCc2cc(O)ccc21. The van der Waals surface area contributed by atoms with E-state index < -0.39 is 11.9 Å². The van der Waals surface area contributed by atoms with E-state index in [0.717, 1.165) is 0 Å². The Bertz CT molecular complexity index is 443. The second kappa shape index (κ2) is 4.35. The van der Waals surface area contributed by atoms with Crippen LogP contribution in [-0.2, 0) is 26.8 Å².